The third kappa shape index (κ3) is 2.71. The van der Waals surface area contributed by atoms with Crippen molar-refractivity contribution in [2.45, 2.75) is 18.2 Å². The van der Waals surface area contributed by atoms with Crippen LogP contribution in [0.2, 0.25) is 0 Å². The number of rotatable bonds is 4. The highest BCUT2D eigenvalue weighted by molar-refractivity contribution is 8.00. The molecule has 114 valence electrons. The third-order valence-corrected chi connectivity index (χ3v) is 4.77. The molecule has 0 radical (unpaired) electrons. The second-order valence-electron chi connectivity index (χ2n) is 5.08. The van der Waals surface area contributed by atoms with E-state index in [-0.39, 0.29) is 29.3 Å². The van der Waals surface area contributed by atoms with Crippen molar-refractivity contribution >= 4 is 29.5 Å². The zero-order valence-electron chi connectivity index (χ0n) is 11.6. The standard InChI is InChI=1S/C15H14N2O4S/c18-11(6-9-4-2-1-3-5-9)16-10-8-22-13-7-12(19)17(13)14(10)15(20)21/h1-5,13H,6-8H2,(H,16,18)(H,20,21)/t13-/m1/s1. The summed E-state index contributed by atoms with van der Waals surface area (Å²) in [4.78, 5) is 36.4. The molecule has 0 bridgehead atoms. The van der Waals surface area contributed by atoms with E-state index in [0.717, 1.165) is 5.56 Å². The Balaban J connectivity index is 1.77. The number of β-lactam (4-membered cyclic amide) rings is 1. The van der Waals surface area contributed by atoms with Crippen molar-refractivity contribution in [3.8, 4) is 0 Å². The van der Waals surface area contributed by atoms with Crippen LogP contribution in [0.1, 0.15) is 12.0 Å². The number of carboxylic acid groups (broad SMARTS) is 1. The largest absolute Gasteiger partial charge is 0.477 e. The van der Waals surface area contributed by atoms with Gasteiger partial charge in [0.1, 0.15) is 0 Å². The Morgan fingerprint density at radius 2 is 2.05 bits per heavy atom. The Hall–Kier alpha value is -2.28. The maximum atomic E-state index is 12.1. The van der Waals surface area contributed by atoms with E-state index >= 15 is 0 Å². The van der Waals surface area contributed by atoms with Crippen molar-refractivity contribution in [2.24, 2.45) is 0 Å². The van der Waals surface area contributed by atoms with E-state index in [4.69, 9.17) is 0 Å². The van der Waals surface area contributed by atoms with E-state index in [2.05, 4.69) is 5.32 Å². The molecule has 1 aromatic rings. The van der Waals surface area contributed by atoms with Crippen LogP contribution in [0.4, 0.5) is 0 Å². The molecule has 3 rings (SSSR count). The second kappa shape index (κ2) is 5.84. The summed E-state index contributed by atoms with van der Waals surface area (Å²) in [6.07, 6.45) is 0.520. The van der Waals surface area contributed by atoms with Crippen molar-refractivity contribution in [1.82, 2.24) is 10.2 Å². The molecule has 0 saturated carbocycles. The minimum Gasteiger partial charge on any atom is -0.477 e. The SMILES string of the molecule is O=C(Cc1ccccc1)NC1=C(C(=O)O)N2C(=O)C[C@H]2SC1. The Morgan fingerprint density at radius 1 is 1.32 bits per heavy atom. The van der Waals surface area contributed by atoms with Crippen LogP contribution in [0.3, 0.4) is 0 Å². The number of thioether (sulfide) groups is 1. The van der Waals surface area contributed by atoms with Gasteiger partial charge in [0, 0.05) is 5.75 Å². The number of benzene rings is 1. The van der Waals surface area contributed by atoms with Gasteiger partial charge in [0.05, 0.1) is 23.9 Å². The van der Waals surface area contributed by atoms with E-state index in [0.29, 0.717) is 17.9 Å². The number of hydrogen-bond acceptors (Lipinski definition) is 4. The number of nitrogens with zero attached hydrogens (tertiary/aromatic N) is 1. The number of nitrogens with one attached hydrogen (secondary N) is 1. The molecule has 2 aliphatic rings. The van der Waals surface area contributed by atoms with Gasteiger partial charge >= 0.3 is 5.97 Å². The van der Waals surface area contributed by atoms with Crippen molar-refractivity contribution in [2.75, 3.05) is 5.75 Å². The number of fused-ring (bicyclic) bond motifs is 1. The first-order valence-electron chi connectivity index (χ1n) is 6.80. The van der Waals surface area contributed by atoms with Gasteiger partial charge in [0.2, 0.25) is 11.8 Å². The molecule has 2 aliphatic heterocycles. The van der Waals surface area contributed by atoms with Crippen LogP contribution in [-0.4, -0.2) is 38.9 Å². The molecule has 1 atom stereocenters. The average molecular weight is 318 g/mol. The van der Waals surface area contributed by atoms with Gasteiger partial charge in [-0.2, -0.15) is 0 Å². The van der Waals surface area contributed by atoms with Crippen LogP contribution >= 0.6 is 11.8 Å². The number of carbonyl (C=O) groups excluding carboxylic acids is 2. The molecule has 2 N–H and O–H groups in total. The molecular weight excluding hydrogens is 304 g/mol. The number of carboxylic acids is 1. The van der Waals surface area contributed by atoms with Crippen LogP contribution in [0.15, 0.2) is 41.7 Å². The monoisotopic (exact) mass is 318 g/mol. The molecule has 1 fully saturated rings. The van der Waals surface area contributed by atoms with Gasteiger partial charge in [-0.05, 0) is 5.56 Å². The summed E-state index contributed by atoms with van der Waals surface area (Å²) < 4.78 is 0. The van der Waals surface area contributed by atoms with Gasteiger partial charge in [0.15, 0.2) is 5.70 Å². The summed E-state index contributed by atoms with van der Waals surface area (Å²) in [5, 5.41) is 11.9. The topological polar surface area (TPSA) is 86.7 Å². The van der Waals surface area contributed by atoms with E-state index in [1.165, 1.54) is 16.7 Å². The second-order valence-corrected chi connectivity index (χ2v) is 6.24. The zero-order valence-corrected chi connectivity index (χ0v) is 12.4. The Kier molecular flexibility index (Phi) is 3.89. The van der Waals surface area contributed by atoms with Crippen LogP contribution in [0.5, 0.6) is 0 Å². The molecule has 0 aromatic heterocycles. The molecule has 1 aromatic carbocycles. The smallest absolute Gasteiger partial charge is 0.354 e. The quantitative estimate of drug-likeness (QED) is 0.807. The average Bonchev–Trinajstić information content (AvgIpc) is 2.48. The van der Waals surface area contributed by atoms with Gasteiger partial charge in [-0.3, -0.25) is 14.5 Å². The molecule has 7 heteroatoms. The van der Waals surface area contributed by atoms with Crippen molar-refractivity contribution in [1.29, 1.82) is 0 Å². The van der Waals surface area contributed by atoms with E-state index in [1.54, 1.807) is 0 Å². The highest BCUT2D eigenvalue weighted by atomic mass is 32.2. The first kappa shape index (κ1) is 14.6. The lowest BCUT2D eigenvalue weighted by Gasteiger charge is -2.43. The van der Waals surface area contributed by atoms with E-state index < -0.39 is 5.97 Å². The lowest BCUT2D eigenvalue weighted by atomic mass is 10.1. The lowest BCUT2D eigenvalue weighted by molar-refractivity contribution is -0.146. The maximum Gasteiger partial charge on any atom is 0.354 e. The fraction of sp³-hybridized carbons (Fsp3) is 0.267. The summed E-state index contributed by atoms with van der Waals surface area (Å²) in [5.41, 5.74) is 1.04. The number of aliphatic carboxylic acids is 1. The van der Waals surface area contributed by atoms with Crippen LogP contribution < -0.4 is 5.32 Å². The molecule has 1 saturated heterocycles. The van der Waals surface area contributed by atoms with E-state index in [9.17, 15) is 19.5 Å². The summed E-state index contributed by atoms with van der Waals surface area (Å²) >= 11 is 1.46. The van der Waals surface area contributed by atoms with Gasteiger partial charge in [-0.15, -0.1) is 11.8 Å². The summed E-state index contributed by atoms with van der Waals surface area (Å²) in [6.45, 7) is 0. The Labute approximate surface area is 131 Å². The maximum absolute atomic E-state index is 12.1. The van der Waals surface area contributed by atoms with Crippen molar-refractivity contribution in [3.05, 3.63) is 47.3 Å². The van der Waals surface area contributed by atoms with Crippen molar-refractivity contribution < 1.29 is 19.5 Å². The molecule has 0 aliphatic carbocycles. The van der Waals surface area contributed by atoms with Gasteiger partial charge < -0.3 is 10.4 Å². The first-order chi connectivity index (χ1) is 10.6. The van der Waals surface area contributed by atoms with Gasteiger partial charge in [-0.25, -0.2) is 4.79 Å². The minimum absolute atomic E-state index is 0.0959. The third-order valence-electron chi connectivity index (χ3n) is 3.55. The van der Waals surface area contributed by atoms with Crippen LogP contribution in [-0.2, 0) is 20.8 Å². The fourth-order valence-electron chi connectivity index (χ4n) is 2.50. The summed E-state index contributed by atoms with van der Waals surface area (Å²) in [7, 11) is 0. The first-order valence-corrected chi connectivity index (χ1v) is 7.85. The van der Waals surface area contributed by atoms with Gasteiger partial charge in [0.25, 0.3) is 0 Å². The minimum atomic E-state index is -1.19. The predicted octanol–water partition coefficient (Wildman–Crippen LogP) is 0.947. The molecule has 2 amide bonds. The molecule has 6 nitrogen and oxygen atoms in total. The zero-order chi connectivity index (χ0) is 15.7. The number of carbonyl (C=O) groups is 3. The molecular formula is C15H14N2O4S. The van der Waals surface area contributed by atoms with Crippen molar-refractivity contribution in [3.63, 3.8) is 0 Å². The van der Waals surface area contributed by atoms with Crippen LogP contribution in [0.25, 0.3) is 0 Å². The Bertz CT molecular complexity index is 671. The molecule has 2 heterocycles. The number of hydrogen-bond donors (Lipinski definition) is 2. The molecule has 0 spiro atoms. The normalized spacial score (nSPS) is 20.3. The van der Waals surface area contributed by atoms with E-state index in [1.807, 2.05) is 30.3 Å². The molecule has 22 heavy (non-hydrogen) atoms. The summed E-state index contributed by atoms with van der Waals surface area (Å²) in [6, 6.07) is 9.20. The van der Waals surface area contributed by atoms with Gasteiger partial charge in [-0.1, -0.05) is 30.3 Å². The Morgan fingerprint density at radius 3 is 2.68 bits per heavy atom. The number of amides is 2. The highest BCUT2D eigenvalue weighted by Gasteiger charge is 2.45. The highest BCUT2D eigenvalue weighted by Crippen LogP contribution is 2.39. The lowest BCUT2D eigenvalue weighted by Crippen LogP contribution is -2.55. The summed E-state index contributed by atoms with van der Waals surface area (Å²) in [5.74, 6) is -1.30. The predicted molar refractivity (Wildman–Crippen MR) is 80.7 cm³/mol. The van der Waals surface area contributed by atoms with Crippen LogP contribution in [0, 0.1) is 0 Å². The fourth-order valence-corrected chi connectivity index (χ4v) is 3.70. The molecule has 0 unspecified atom stereocenters.